The van der Waals surface area contributed by atoms with Crippen LogP contribution in [0.1, 0.15) is 49.1 Å². The first-order valence-corrected chi connectivity index (χ1v) is 8.22. The number of nitrogens with two attached hydrogens (primary N) is 1. The average molecular weight is 345 g/mol. The monoisotopic (exact) mass is 345 g/mol. The van der Waals surface area contributed by atoms with E-state index in [0.717, 1.165) is 13.0 Å². The fourth-order valence-electron chi connectivity index (χ4n) is 2.81. The third kappa shape index (κ3) is 2.15. The molecule has 0 spiro atoms. The second-order valence-electron chi connectivity index (χ2n) is 5.32. The molecule has 1 aliphatic rings. The van der Waals surface area contributed by atoms with E-state index in [-0.39, 0.29) is 22.3 Å². The quantitative estimate of drug-likeness (QED) is 0.408. The summed E-state index contributed by atoms with van der Waals surface area (Å²) in [5.74, 6) is -1.90. The predicted molar refractivity (Wildman–Crippen MR) is 84.0 cm³/mol. The van der Waals surface area contributed by atoms with Gasteiger partial charge >= 0.3 is 0 Å². The third-order valence-electron chi connectivity index (χ3n) is 3.84. The largest absolute Gasteiger partial charge is 0.397 e. The molecule has 0 aromatic heterocycles. The van der Waals surface area contributed by atoms with Gasteiger partial charge in [0.15, 0.2) is 17.3 Å². The Kier molecular flexibility index (Phi) is 3.40. The maximum absolute atomic E-state index is 12.6. The van der Waals surface area contributed by atoms with Gasteiger partial charge in [-0.2, -0.15) is 8.42 Å². The van der Waals surface area contributed by atoms with Gasteiger partial charge in [-0.05, 0) is 13.0 Å². The molecule has 8 heteroatoms. The molecule has 1 aliphatic carbocycles. The molecule has 24 heavy (non-hydrogen) atoms. The lowest BCUT2D eigenvalue weighted by Crippen LogP contribution is -2.25. The number of nitrogen functional groups attached to an aromatic ring is 1. The van der Waals surface area contributed by atoms with Crippen LogP contribution in [0.25, 0.3) is 0 Å². The Bertz CT molecular complexity index is 1050. The van der Waals surface area contributed by atoms with Crippen molar-refractivity contribution in [1.29, 1.82) is 0 Å². The summed E-state index contributed by atoms with van der Waals surface area (Å²) < 4.78 is 32.6. The Hall–Kier alpha value is -2.84. The van der Waals surface area contributed by atoms with Gasteiger partial charge in [-0.15, -0.1) is 0 Å². The molecule has 0 fully saturated rings. The van der Waals surface area contributed by atoms with Crippen molar-refractivity contribution in [2.24, 2.45) is 0 Å². The molecule has 2 aromatic carbocycles. The lowest BCUT2D eigenvalue weighted by molar-refractivity contribution is 0.0977. The first-order valence-electron chi connectivity index (χ1n) is 6.78. The van der Waals surface area contributed by atoms with Gasteiger partial charge in [0.25, 0.3) is 10.1 Å². The molecule has 2 aromatic rings. The number of carbonyl (C=O) groups is 3. The van der Waals surface area contributed by atoms with Gasteiger partial charge in [0, 0.05) is 22.3 Å². The molecule has 0 radical (unpaired) electrons. The highest BCUT2D eigenvalue weighted by atomic mass is 32.2. The molecule has 0 unspecified atom stereocenters. The van der Waals surface area contributed by atoms with Crippen molar-refractivity contribution in [3.63, 3.8) is 0 Å². The second-order valence-corrected chi connectivity index (χ2v) is 6.68. The first-order chi connectivity index (χ1) is 11.1. The van der Waals surface area contributed by atoms with Crippen molar-refractivity contribution in [2.75, 3.05) is 5.73 Å². The Morgan fingerprint density at radius 1 is 1.04 bits per heavy atom. The third-order valence-corrected chi connectivity index (χ3v) is 4.80. The highest BCUT2D eigenvalue weighted by Gasteiger charge is 2.36. The van der Waals surface area contributed by atoms with E-state index in [4.69, 9.17) is 5.73 Å². The van der Waals surface area contributed by atoms with Crippen LogP contribution in [0.4, 0.5) is 5.69 Å². The van der Waals surface area contributed by atoms with Crippen LogP contribution in [0, 0.1) is 0 Å². The van der Waals surface area contributed by atoms with E-state index in [9.17, 15) is 27.4 Å². The number of carbonyl (C=O) groups excluding carboxylic acids is 3. The van der Waals surface area contributed by atoms with E-state index in [1.54, 1.807) is 12.1 Å². The number of hydrogen-bond acceptors (Lipinski definition) is 6. The van der Waals surface area contributed by atoms with E-state index >= 15 is 0 Å². The van der Waals surface area contributed by atoms with Crippen LogP contribution in [-0.4, -0.2) is 30.3 Å². The maximum atomic E-state index is 12.6. The topological polar surface area (TPSA) is 132 Å². The van der Waals surface area contributed by atoms with E-state index in [1.807, 2.05) is 0 Å². The summed E-state index contributed by atoms with van der Waals surface area (Å²) >= 11 is 0. The lowest BCUT2D eigenvalue weighted by Gasteiger charge is -2.21. The van der Waals surface area contributed by atoms with Crippen LogP contribution in [0.15, 0.2) is 35.2 Å². The molecule has 0 atom stereocenters. The van der Waals surface area contributed by atoms with Gasteiger partial charge in [-0.1, -0.05) is 24.3 Å². The fraction of sp³-hybridized carbons (Fsp3) is 0.0625. The molecule has 7 nitrogen and oxygen atoms in total. The van der Waals surface area contributed by atoms with Gasteiger partial charge in [0.05, 0.1) is 11.3 Å². The van der Waals surface area contributed by atoms with E-state index in [0.29, 0.717) is 0 Å². The Morgan fingerprint density at radius 2 is 1.58 bits per heavy atom. The van der Waals surface area contributed by atoms with Gasteiger partial charge < -0.3 is 5.73 Å². The summed E-state index contributed by atoms with van der Waals surface area (Å²) in [4.78, 5) is 36.2. The zero-order chi connectivity index (χ0) is 17.8. The van der Waals surface area contributed by atoms with Crippen molar-refractivity contribution >= 4 is 33.2 Å². The van der Waals surface area contributed by atoms with Crippen molar-refractivity contribution in [1.82, 2.24) is 0 Å². The summed E-state index contributed by atoms with van der Waals surface area (Å²) in [7, 11) is -4.87. The predicted octanol–water partition coefficient (Wildman–Crippen LogP) is 1.49. The molecular formula is C16H11NO6S. The minimum absolute atomic E-state index is 0.0820. The number of ketones is 3. The van der Waals surface area contributed by atoms with E-state index in [1.165, 1.54) is 12.1 Å². The zero-order valence-corrected chi connectivity index (χ0v) is 13.2. The average Bonchev–Trinajstić information content (AvgIpc) is 2.50. The van der Waals surface area contributed by atoms with Crippen molar-refractivity contribution in [3.8, 4) is 0 Å². The number of rotatable bonds is 2. The van der Waals surface area contributed by atoms with Crippen molar-refractivity contribution in [3.05, 3.63) is 58.1 Å². The van der Waals surface area contributed by atoms with Crippen LogP contribution < -0.4 is 5.73 Å². The summed E-state index contributed by atoms with van der Waals surface area (Å²) in [5.41, 5.74) is 4.48. The van der Waals surface area contributed by atoms with Crippen molar-refractivity contribution < 1.29 is 27.4 Å². The Labute approximate surface area is 136 Å². The second kappa shape index (κ2) is 5.08. The van der Waals surface area contributed by atoms with Crippen LogP contribution in [0.5, 0.6) is 0 Å². The first kappa shape index (κ1) is 16.0. The number of benzene rings is 2. The summed E-state index contributed by atoms with van der Waals surface area (Å²) in [5, 5.41) is 0. The number of hydrogen-bond donors (Lipinski definition) is 2. The number of anilines is 1. The van der Waals surface area contributed by atoms with Gasteiger partial charge in [0.1, 0.15) is 4.90 Å². The normalized spacial score (nSPS) is 13.4. The molecule has 0 bridgehead atoms. The van der Waals surface area contributed by atoms with Crippen LogP contribution >= 0.6 is 0 Å². The maximum Gasteiger partial charge on any atom is 0.297 e. The molecule has 3 rings (SSSR count). The molecule has 0 saturated heterocycles. The van der Waals surface area contributed by atoms with Gasteiger partial charge in [-0.3, -0.25) is 18.9 Å². The molecule has 122 valence electrons. The molecule has 0 amide bonds. The zero-order valence-electron chi connectivity index (χ0n) is 12.4. The van der Waals surface area contributed by atoms with Crippen LogP contribution in [-0.2, 0) is 10.1 Å². The van der Waals surface area contributed by atoms with Crippen LogP contribution in [0.3, 0.4) is 0 Å². The fourth-order valence-corrected chi connectivity index (χ4v) is 3.67. The van der Waals surface area contributed by atoms with E-state index in [2.05, 4.69) is 0 Å². The van der Waals surface area contributed by atoms with Crippen LogP contribution in [0.2, 0.25) is 0 Å². The lowest BCUT2D eigenvalue weighted by atomic mass is 9.82. The number of Topliss-reactive ketones (excluding diaryl/α,β-unsaturated/α-hetero) is 1. The minimum atomic E-state index is -4.87. The molecule has 3 N–H and O–H groups in total. The van der Waals surface area contributed by atoms with E-state index < -0.39 is 43.6 Å². The molecule has 0 saturated carbocycles. The molecule has 0 aliphatic heterocycles. The Balaban J connectivity index is 2.47. The highest BCUT2D eigenvalue weighted by molar-refractivity contribution is 7.86. The molecular weight excluding hydrogens is 334 g/mol. The Morgan fingerprint density at radius 3 is 2.08 bits per heavy atom. The summed E-state index contributed by atoms with van der Waals surface area (Å²) in [6.45, 7) is 1.07. The molecule has 0 heterocycles. The summed E-state index contributed by atoms with van der Waals surface area (Å²) in [6.07, 6.45) is 0. The van der Waals surface area contributed by atoms with Crippen molar-refractivity contribution in [2.45, 2.75) is 11.8 Å². The highest BCUT2D eigenvalue weighted by Crippen LogP contribution is 2.36. The van der Waals surface area contributed by atoms with Gasteiger partial charge in [-0.25, -0.2) is 0 Å². The standard InChI is InChI=1S/C16H11NO6S/c1-7(18)10-6-11-12(13(17)16(10)24(21,22)23)15(20)9-5-3-2-4-8(9)14(11)19/h2-6H,17H2,1H3,(H,21,22,23). The minimum Gasteiger partial charge on any atom is -0.397 e. The smallest absolute Gasteiger partial charge is 0.297 e. The van der Waals surface area contributed by atoms with Gasteiger partial charge in [0.2, 0.25) is 0 Å². The summed E-state index contributed by atoms with van der Waals surface area (Å²) in [6, 6.07) is 7.01. The SMILES string of the molecule is CC(=O)c1cc2c(c(N)c1S(=O)(=O)O)C(=O)c1ccccc1C2=O. The number of fused-ring (bicyclic) bond motifs is 2.